The summed E-state index contributed by atoms with van der Waals surface area (Å²) in [5, 5.41) is 10.4. The minimum absolute atomic E-state index is 0.0285. The van der Waals surface area contributed by atoms with Gasteiger partial charge in [-0.05, 0) is 37.4 Å². The quantitative estimate of drug-likeness (QED) is 0.892. The summed E-state index contributed by atoms with van der Waals surface area (Å²) in [7, 11) is 0. The maximum atomic E-state index is 9.64. The zero-order valence-corrected chi connectivity index (χ0v) is 12.3. The highest BCUT2D eigenvalue weighted by Gasteiger charge is 2.37. The van der Waals surface area contributed by atoms with Crippen molar-refractivity contribution in [3.8, 4) is 0 Å². The minimum Gasteiger partial charge on any atom is -0.395 e. The first-order valence-electron chi connectivity index (χ1n) is 6.93. The second-order valence-electron chi connectivity index (χ2n) is 5.58. The lowest BCUT2D eigenvalue weighted by molar-refractivity contribution is 0.0928. The Morgan fingerprint density at radius 1 is 1.47 bits per heavy atom. The predicted octanol–water partition coefficient (Wildman–Crippen LogP) is 2.43. The summed E-state index contributed by atoms with van der Waals surface area (Å²) in [6.07, 6.45) is 1.10. The topological polar surface area (TPSA) is 49.5 Å². The molecule has 3 N–H and O–H groups in total. The number of aliphatic hydroxyl groups is 1. The van der Waals surface area contributed by atoms with E-state index in [4.69, 9.17) is 17.3 Å². The lowest BCUT2D eigenvalue weighted by Crippen LogP contribution is -2.44. The van der Waals surface area contributed by atoms with Crippen LogP contribution in [0, 0.1) is 5.92 Å². The lowest BCUT2D eigenvalue weighted by Gasteiger charge is -2.36. The number of likely N-dealkylation sites (tertiary alicyclic amines) is 1. The number of hydrogen-bond donors (Lipinski definition) is 2. The van der Waals surface area contributed by atoms with Crippen molar-refractivity contribution < 1.29 is 5.11 Å². The molecule has 1 fully saturated rings. The van der Waals surface area contributed by atoms with Gasteiger partial charge in [-0.15, -0.1) is 0 Å². The molecule has 1 heterocycles. The Labute approximate surface area is 120 Å². The van der Waals surface area contributed by atoms with Crippen LogP contribution in [0.5, 0.6) is 0 Å². The number of rotatable bonds is 4. The van der Waals surface area contributed by atoms with Gasteiger partial charge in [-0.25, -0.2) is 0 Å². The molecule has 2 rings (SSSR count). The number of hydrogen-bond acceptors (Lipinski definition) is 3. The van der Waals surface area contributed by atoms with Crippen LogP contribution in [0.2, 0.25) is 5.02 Å². The molecule has 106 valence electrons. The van der Waals surface area contributed by atoms with Gasteiger partial charge in [0.2, 0.25) is 0 Å². The van der Waals surface area contributed by atoms with E-state index in [1.165, 1.54) is 0 Å². The average molecular weight is 283 g/mol. The molecule has 0 aliphatic carbocycles. The van der Waals surface area contributed by atoms with Gasteiger partial charge >= 0.3 is 0 Å². The summed E-state index contributed by atoms with van der Waals surface area (Å²) in [5.74, 6) is 0.494. The van der Waals surface area contributed by atoms with Gasteiger partial charge < -0.3 is 10.8 Å². The molecule has 0 spiro atoms. The fourth-order valence-electron chi connectivity index (χ4n) is 3.15. The fraction of sp³-hybridized carbons (Fsp3) is 0.600. The molecule has 1 saturated heterocycles. The number of aliphatic hydroxyl groups excluding tert-OH is 1. The van der Waals surface area contributed by atoms with Crippen LogP contribution in [-0.4, -0.2) is 35.2 Å². The van der Waals surface area contributed by atoms with E-state index in [-0.39, 0.29) is 24.7 Å². The summed E-state index contributed by atoms with van der Waals surface area (Å²) in [6.45, 7) is 5.33. The largest absolute Gasteiger partial charge is 0.395 e. The maximum Gasteiger partial charge on any atom is 0.0589 e. The van der Waals surface area contributed by atoms with Crippen LogP contribution in [0.4, 0.5) is 0 Å². The molecule has 1 aliphatic heterocycles. The zero-order chi connectivity index (χ0) is 14.0. The monoisotopic (exact) mass is 282 g/mol. The van der Waals surface area contributed by atoms with Gasteiger partial charge in [-0.1, -0.05) is 36.7 Å². The second-order valence-corrected chi connectivity index (χ2v) is 5.99. The van der Waals surface area contributed by atoms with Crippen molar-refractivity contribution in [2.45, 2.75) is 38.4 Å². The van der Waals surface area contributed by atoms with Crippen molar-refractivity contribution in [2.75, 3.05) is 13.2 Å². The third-order valence-electron chi connectivity index (χ3n) is 4.19. The fourth-order valence-corrected chi connectivity index (χ4v) is 3.39. The van der Waals surface area contributed by atoms with Gasteiger partial charge in [0.25, 0.3) is 0 Å². The molecule has 0 saturated carbocycles. The van der Waals surface area contributed by atoms with Gasteiger partial charge in [-0.3, -0.25) is 4.90 Å². The van der Waals surface area contributed by atoms with Gasteiger partial charge in [0.05, 0.1) is 12.6 Å². The number of nitrogens with two attached hydrogens (primary N) is 1. The normalized spacial score (nSPS) is 27.4. The molecule has 1 aromatic carbocycles. The average Bonchev–Trinajstić information content (AvgIpc) is 2.73. The van der Waals surface area contributed by atoms with Gasteiger partial charge in [0, 0.05) is 17.1 Å². The molecule has 0 bridgehead atoms. The molecule has 4 heteroatoms. The van der Waals surface area contributed by atoms with Crippen molar-refractivity contribution in [2.24, 2.45) is 11.7 Å². The molecule has 1 aliphatic rings. The molecular formula is C15H23ClN2O. The third-order valence-corrected chi connectivity index (χ3v) is 4.54. The SMILES string of the molecule is CC(N)C(c1ccccc1Cl)N1CCC(C)C1CO. The Morgan fingerprint density at radius 3 is 2.74 bits per heavy atom. The Morgan fingerprint density at radius 2 is 2.16 bits per heavy atom. The summed E-state index contributed by atoms with van der Waals surface area (Å²) in [6, 6.07) is 8.07. The summed E-state index contributed by atoms with van der Waals surface area (Å²) >= 11 is 6.32. The standard InChI is InChI=1S/C15H23ClN2O/c1-10-7-8-18(14(10)9-19)15(11(2)17)12-5-3-4-6-13(12)16/h3-6,10-11,14-15,19H,7-9,17H2,1-2H3. The number of benzene rings is 1. The van der Waals surface area contributed by atoms with Gasteiger partial charge in [-0.2, -0.15) is 0 Å². The van der Waals surface area contributed by atoms with E-state index in [9.17, 15) is 5.11 Å². The van der Waals surface area contributed by atoms with E-state index in [1.54, 1.807) is 0 Å². The van der Waals surface area contributed by atoms with E-state index in [1.807, 2.05) is 31.2 Å². The molecule has 3 nitrogen and oxygen atoms in total. The second kappa shape index (κ2) is 6.23. The predicted molar refractivity (Wildman–Crippen MR) is 79.2 cm³/mol. The van der Waals surface area contributed by atoms with Crippen LogP contribution in [0.1, 0.15) is 31.9 Å². The van der Waals surface area contributed by atoms with Crippen molar-refractivity contribution in [3.63, 3.8) is 0 Å². The Hall–Kier alpha value is -0.610. The molecule has 1 aromatic rings. The highest BCUT2D eigenvalue weighted by atomic mass is 35.5. The van der Waals surface area contributed by atoms with Crippen LogP contribution in [0.15, 0.2) is 24.3 Å². The van der Waals surface area contributed by atoms with Crippen molar-refractivity contribution in [1.29, 1.82) is 0 Å². The smallest absolute Gasteiger partial charge is 0.0589 e. The van der Waals surface area contributed by atoms with Crippen molar-refractivity contribution >= 4 is 11.6 Å². The summed E-state index contributed by atoms with van der Waals surface area (Å²) in [4.78, 5) is 2.32. The van der Waals surface area contributed by atoms with E-state index in [0.29, 0.717) is 5.92 Å². The number of halogens is 1. The van der Waals surface area contributed by atoms with Crippen LogP contribution >= 0.6 is 11.6 Å². The maximum absolute atomic E-state index is 9.64. The highest BCUT2D eigenvalue weighted by molar-refractivity contribution is 6.31. The summed E-state index contributed by atoms with van der Waals surface area (Å²) in [5.41, 5.74) is 7.26. The van der Waals surface area contributed by atoms with Gasteiger partial charge in [0.15, 0.2) is 0 Å². The molecule has 4 atom stereocenters. The van der Waals surface area contributed by atoms with E-state index >= 15 is 0 Å². The van der Waals surface area contributed by atoms with Crippen molar-refractivity contribution in [1.82, 2.24) is 4.90 Å². The van der Waals surface area contributed by atoms with E-state index < -0.39 is 0 Å². The van der Waals surface area contributed by atoms with E-state index in [0.717, 1.165) is 23.6 Å². The zero-order valence-electron chi connectivity index (χ0n) is 11.6. The number of nitrogens with zero attached hydrogens (tertiary/aromatic N) is 1. The van der Waals surface area contributed by atoms with Crippen LogP contribution in [0.3, 0.4) is 0 Å². The Kier molecular flexibility index (Phi) is 4.85. The van der Waals surface area contributed by atoms with Crippen LogP contribution in [-0.2, 0) is 0 Å². The molecular weight excluding hydrogens is 260 g/mol. The first-order chi connectivity index (χ1) is 9.06. The van der Waals surface area contributed by atoms with Gasteiger partial charge in [0.1, 0.15) is 0 Å². The molecule has 4 unspecified atom stereocenters. The summed E-state index contributed by atoms with van der Waals surface area (Å²) < 4.78 is 0. The highest BCUT2D eigenvalue weighted by Crippen LogP contribution is 2.36. The van der Waals surface area contributed by atoms with Crippen molar-refractivity contribution in [3.05, 3.63) is 34.9 Å². The molecule has 19 heavy (non-hydrogen) atoms. The minimum atomic E-state index is -0.0285. The first kappa shape index (κ1) is 14.8. The van der Waals surface area contributed by atoms with Crippen LogP contribution in [0.25, 0.3) is 0 Å². The molecule has 0 aromatic heterocycles. The Balaban J connectivity index is 2.34. The first-order valence-corrected chi connectivity index (χ1v) is 7.30. The molecule has 0 radical (unpaired) electrons. The third kappa shape index (κ3) is 2.95. The lowest BCUT2D eigenvalue weighted by atomic mass is 9.97. The van der Waals surface area contributed by atoms with E-state index in [2.05, 4.69) is 11.8 Å². The Bertz CT molecular complexity index is 424. The van der Waals surface area contributed by atoms with Crippen LogP contribution < -0.4 is 5.73 Å². The molecule has 0 amide bonds.